The first-order valence-electron chi connectivity index (χ1n) is 3.30. The molecule has 1 aliphatic heterocycles. The van der Waals surface area contributed by atoms with Gasteiger partial charge in [0.15, 0.2) is 0 Å². The third-order valence-electron chi connectivity index (χ3n) is 1.18. The smallest absolute Gasteiger partial charge is 0.307 e. The van der Waals surface area contributed by atoms with E-state index in [9.17, 15) is 4.79 Å². The van der Waals surface area contributed by atoms with E-state index in [-0.39, 0.29) is 12.1 Å². The zero-order chi connectivity index (χ0) is 7.40. The topological polar surface area (TPSA) is 64.9 Å². The van der Waals surface area contributed by atoms with Crippen molar-refractivity contribution in [3.05, 3.63) is 0 Å². The van der Waals surface area contributed by atoms with Crippen molar-refractivity contribution in [2.45, 2.75) is 12.5 Å². The highest BCUT2D eigenvalue weighted by Gasteiger charge is 2.23. The lowest BCUT2D eigenvalue weighted by Gasteiger charge is -1.99. The van der Waals surface area contributed by atoms with Crippen LogP contribution >= 0.6 is 0 Å². The lowest BCUT2D eigenvalue weighted by atomic mass is 10.4. The first-order chi connectivity index (χ1) is 4.83. The van der Waals surface area contributed by atoms with Gasteiger partial charge in [0.25, 0.3) is 0 Å². The fraction of sp³-hybridized carbons (Fsp3) is 0.833. The van der Waals surface area contributed by atoms with Gasteiger partial charge in [-0.15, -0.1) is 0 Å². The number of carbonyl (C=O) groups excluding carboxylic acids is 1. The Bertz CT molecular complexity index is 122. The molecule has 1 aliphatic rings. The molecule has 0 aromatic heterocycles. The highest BCUT2D eigenvalue weighted by Crippen LogP contribution is 2.08. The molecule has 0 aliphatic carbocycles. The molecule has 0 amide bonds. The Labute approximate surface area is 59.3 Å². The largest absolute Gasteiger partial charge is 0.463 e. The molecule has 0 saturated carbocycles. The summed E-state index contributed by atoms with van der Waals surface area (Å²) in [4.78, 5) is 10.6. The van der Waals surface area contributed by atoms with Crippen molar-refractivity contribution < 1.29 is 14.3 Å². The van der Waals surface area contributed by atoms with Crippen molar-refractivity contribution in [2.24, 2.45) is 5.73 Å². The predicted octanol–water partition coefficient (Wildman–Crippen LogP) is -0.723. The van der Waals surface area contributed by atoms with Crippen molar-refractivity contribution in [3.63, 3.8) is 0 Å². The minimum Gasteiger partial charge on any atom is -0.463 e. The van der Waals surface area contributed by atoms with Crippen LogP contribution in [0.15, 0.2) is 0 Å². The van der Waals surface area contributed by atoms with Crippen molar-refractivity contribution in [3.8, 4) is 0 Å². The second-order valence-electron chi connectivity index (χ2n) is 2.18. The number of nitrogens with two attached hydrogens (primary N) is 1. The maximum Gasteiger partial charge on any atom is 0.307 e. The Morgan fingerprint density at radius 3 is 3.00 bits per heavy atom. The third-order valence-corrected chi connectivity index (χ3v) is 1.18. The quantitative estimate of drug-likeness (QED) is 0.418. The molecule has 0 spiro atoms. The molecule has 4 heteroatoms. The van der Waals surface area contributed by atoms with Crippen LogP contribution in [0.1, 0.15) is 6.42 Å². The fourth-order valence-electron chi connectivity index (χ4n) is 0.540. The van der Waals surface area contributed by atoms with E-state index < -0.39 is 0 Å². The molecule has 2 N–H and O–H groups in total. The highest BCUT2D eigenvalue weighted by molar-refractivity contribution is 5.69. The van der Waals surface area contributed by atoms with Crippen molar-refractivity contribution in [1.82, 2.24) is 0 Å². The Hall–Kier alpha value is -0.610. The zero-order valence-electron chi connectivity index (χ0n) is 5.71. The van der Waals surface area contributed by atoms with Crippen LogP contribution in [0.3, 0.4) is 0 Å². The van der Waals surface area contributed by atoms with Crippen LogP contribution in [0.25, 0.3) is 0 Å². The zero-order valence-corrected chi connectivity index (χ0v) is 5.71. The van der Waals surface area contributed by atoms with Crippen LogP contribution in [0.4, 0.5) is 0 Å². The lowest BCUT2D eigenvalue weighted by molar-refractivity contribution is -0.143. The van der Waals surface area contributed by atoms with Crippen molar-refractivity contribution >= 4 is 5.97 Å². The average Bonchev–Trinajstić information content (AvgIpc) is 2.67. The second kappa shape index (κ2) is 3.53. The maximum absolute atomic E-state index is 10.6. The van der Waals surface area contributed by atoms with Gasteiger partial charge in [-0.2, -0.15) is 0 Å². The summed E-state index contributed by atoms with van der Waals surface area (Å²) in [6.45, 7) is 1.46. The molecule has 0 bridgehead atoms. The fourth-order valence-corrected chi connectivity index (χ4v) is 0.540. The van der Waals surface area contributed by atoms with Gasteiger partial charge in [-0.25, -0.2) is 0 Å². The standard InChI is InChI=1S/C6H11NO3/c7-2-1-6(8)10-4-5-3-9-5/h5H,1-4,7H2. The molecular formula is C6H11NO3. The summed E-state index contributed by atoms with van der Waals surface area (Å²) in [7, 11) is 0. The molecule has 1 atom stereocenters. The van der Waals surface area contributed by atoms with E-state index in [1.54, 1.807) is 0 Å². The summed E-state index contributed by atoms with van der Waals surface area (Å²) in [5, 5.41) is 0. The summed E-state index contributed by atoms with van der Waals surface area (Å²) < 4.78 is 9.59. The number of carbonyl (C=O) groups is 1. The number of esters is 1. The molecule has 10 heavy (non-hydrogen) atoms. The maximum atomic E-state index is 10.6. The van der Waals surface area contributed by atoms with Gasteiger partial charge in [0.1, 0.15) is 12.7 Å². The van der Waals surface area contributed by atoms with Crippen LogP contribution in [-0.4, -0.2) is 31.8 Å². The summed E-state index contributed by atoms with van der Waals surface area (Å²) >= 11 is 0. The number of epoxide rings is 1. The molecule has 58 valence electrons. The molecule has 1 unspecified atom stereocenters. The van der Waals surface area contributed by atoms with E-state index in [1.807, 2.05) is 0 Å². The lowest BCUT2D eigenvalue weighted by Crippen LogP contribution is -2.13. The molecule has 1 fully saturated rings. The van der Waals surface area contributed by atoms with Gasteiger partial charge in [-0.3, -0.25) is 4.79 Å². The molecule has 0 aromatic carbocycles. The van der Waals surface area contributed by atoms with Gasteiger partial charge >= 0.3 is 5.97 Å². The number of rotatable bonds is 4. The monoisotopic (exact) mass is 145 g/mol. The van der Waals surface area contributed by atoms with Crippen LogP contribution in [0.5, 0.6) is 0 Å². The van der Waals surface area contributed by atoms with E-state index in [0.29, 0.717) is 19.6 Å². The normalized spacial score (nSPS) is 22.3. The number of ether oxygens (including phenoxy) is 2. The Morgan fingerprint density at radius 2 is 2.50 bits per heavy atom. The summed E-state index contributed by atoms with van der Waals surface area (Å²) in [5.41, 5.74) is 5.12. The van der Waals surface area contributed by atoms with Gasteiger partial charge in [-0.1, -0.05) is 0 Å². The van der Waals surface area contributed by atoms with Crippen LogP contribution < -0.4 is 5.73 Å². The van der Waals surface area contributed by atoms with E-state index in [4.69, 9.17) is 15.2 Å². The SMILES string of the molecule is NCCC(=O)OCC1CO1. The summed E-state index contributed by atoms with van der Waals surface area (Å²) in [5.74, 6) is -0.238. The third kappa shape index (κ3) is 2.80. The average molecular weight is 145 g/mol. The summed E-state index contributed by atoms with van der Waals surface area (Å²) in [6.07, 6.45) is 0.453. The Kier molecular flexibility index (Phi) is 2.65. The molecular weight excluding hydrogens is 134 g/mol. The molecule has 1 heterocycles. The van der Waals surface area contributed by atoms with E-state index >= 15 is 0 Å². The van der Waals surface area contributed by atoms with Gasteiger partial charge in [0.05, 0.1) is 13.0 Å². The Morgan fingerprint density at radius 1 is 1.80 bits per heavy atom. The molecule has 1 saturated heterocycles. The van der Waals surface area contributed by atoms with E-state index in [2.05, 4.69) is 0 Å². The van der Waals surface area contributed by atoms with Gasteiger partial charge in [0.2, 0.25) is 0 Å². The Balaban J connectivity index is 1.94. The highest BCUT2D eigenvalue weighted by atomic mass is 16.6. The van der Waals surface area contributed by atoms with Gasteiger partial charge < -0.3 is 15.2 Å². The van der Waals surface area contributed by atoms with Crippen LogP contribution in [0.2, 0.25) is 0 Å². The predicted molar refractivity (Wildman–Crippen MR) is 34.4 cm³/mol. The van der Waals surface area contributed by atoms with Crippen molar-refractivity contribution in [2.75, 3.05) is 19.8 Å². The van der Waals surface area contributed by atoms with Crippen LogP contribution in [0, 0.1) is 0 Å². The minimum atomic E-state index is -0.238. The first-order valence-corrected chi connectivity index (χ1v) is 3.30. The minimum absolute atomic E-state index is 0.154. The molecule has 1 rings (SSSR count). The summed E-state index contributed by atoms with van der Waals surface area (Å²) in [6, 6.07) is 0. The van der Waals surface area contributed by atoms with E-state index in [1.165, 1.54) is 0 Å². The van der Waals surface area contributed by atoms with Gasteiger partial charge in [-0.05, 0) is 0 Å². The molecule has 0 radical (unpaired) electrons. The number of hydrogen-bond acceptors (Lipinski definition) is 4. The molecule has 0 aromatic rings. The van der Waals surface area contributed by atoms with E-state index in [0.717, 1.165) is 6.61 Å². The van der Waals surface area contributed by atoms with Gasteiger partial charge in [0, 0.05) is 6.54 Å². The van der Waals surface area contributed by atoms with Crippen LogP contribution in [-0.2, 0) is 14.3 Å². The number of hydrogen-bond donors (Lipinski definition) is 1. The first kappa shape index (κ1) is 7.50. The molecule has 4 nitrogen and oxygen atoms in total. The second-order valence-corrected chi connectivity index (χ2v) is 2.18. The van der Waals surface area contributed by atoms with Crippen molar-refractivity contribution in [1.29, 1.82) is 0 Å².